The Kier molecular flexibility index (Phi) is 5.21. The van der Waals surface area contributed by atoms with Gasteiger partial charge in [-0.1, -0.05) is 0 Å². The molecule has 6 rings (SSSR count). The number of benzene rings is 1. The molecule has 2 atom stereocenters. The molecule has 0 aromatic heterocycles. The van der Waals surface area contributed by atoms with Crippen molar-refractivity contribution in [3.63, 3.8) is 0 Å². The van der Waals surface area contributed by atoms with E-state index >= 15 is 0 Å². The molecule has 1 saturated heterocycles. The van der Waals surface area contributed by atoms with Crippen molar-refractivity contribution in [1.82, 2.24) is 9.62 Å². The molecule has 5 nitrogen and oxygen atoms in total. The fourth-order valence-electron chi connectivity index (χ4n) is 6.76. The number of amides is 1. The average molecular weight is 414 g/mol. The van der Waals surface area contributed by atoms with Crippen LogP contribution in [0.15, 0.2) is 29.2 Å². The Balaban J connectivity index is 1.14. The summed E-state index contributed by atoms with van der Waals surface area (Å²) >= 11 is -1.17. The summed E-state index contributed by atoms with van der Waals surface area (Å²) in [5.41, 5.74) is 0.740. The zero-order chi connectivity index (χ0) is 20.0. The lowest BCUT2D eigenvalue weighted by Crippen LogP contribution is -2.54. The standard InChI is InChI=1S/C23H31N3O2S/c24-13-16-1-3-21(4-2-16)29(28)26-6-5-17(15-26)14-25-22(27)23-10-18-7-19(11-23)9-20(8-18)12-23/h1-4,13,17-20,24H,5-12,14-15H2,(H,25,27). The number of rotatable bonds is 6. The summed E-state index contributed by atoms with van der Waals surface area (Å²) in [4.78, 5) is 13.9. The van der Waals surface area contributed by atoms with Crippen LogP contribution in [0.5, 0.6) is 0 Å². The number of nitrogens with zero attached hydrogens (tertiary/aromatic N) is 1. The number of hydrogen-bond donors (Lipinski definition) is 2. The summed E-state index contributed by atoms with van der Waals surface area (Å²) in [5.74, 6) is 3.04. The zero-order valence-electron chi connectivity index (χ0n) is 16.9. The quantitative estimate of drug-likeness (QED) is 0.554. The van der Waals surface area contributed by atoms with Crippen LogP contribution < -0.4 is 5.32 Å². The predicted octanol–water partition coefficient (Wildman–Crippen LogP) is 3.36. The predicted molar refractivity (Wildman–Crippen MR) is 114 cm³/mol. The Morgan fingerprint density at radius 1 is 1.17 bits per heavy atom. The summed E-state index contributed by atoms with van der Waals surface area (Å²) in [5, 5.41) is 10.6. The van der Waals surface area contributed by atoms with E-state index in [2.05, 4.69) is 5.32 Å². The highest BCUT2D eigenvalue weighted by molar-refractivity contribution is 7.89. The van der Waals surface area contributed by atoms with Crippen molar-refractivity contribution in [3.8, 4) is 0 Å². The van der Waals surface area contributed by atoms with Gasteiger partial charge in [-0.05, 0) is 98.4 Å². The van der Waals surface area contributed by atoms with Crippen LogP contribution in [0, 0.1) is 34.5 Å². The highest BCUT2D eigenvalue weighted by Crippen LogP contribution is 2.60. The third-order valence-electron chi connectivity index (χ3n) is 7.80. The molecular weight excluding hydrogens is 382 g/mol. The third kappa shape index (κ3) is 3.75. The lowest BCUT2D eigenvalue weighted by Gasteiger charge is -2.55. The van der Waals surface area contributed by atoms with E-state index in [4.69, 9.17) is 5.41 Å². The summed E-state index contributed by atoms with van der Waals surface area (Å²) in [6.07, 6.45) is 9.67. The first-order chi connectivity index (χ1) is 14.0. The summed E-state index contributed by atoms with van der Waals surface area (Å²) in [7, 11) is 0. The Morgan fingerprint density at radius 2 is 1.79 bits per heavy atom. The van der Waals surface area contributed by atoms with Gasteiger partial charge in [0.05, 0.1) is 11.4 Å². The molecule has 5 aliphatic rings. The maximum absolute atomic E-state index is 13.1. The van der Waals surface area contributed by atoms with Crippen molar-refractivity contribution in [2.75, 3.05) is 19.6 Å². The normalized spacial score (nSPS) is 36.9. The fourth-order valence-corrected chi connectivity index (χ4v) is 8.04. The van der Waals surface area contributed by atoms with Gasteiger partial charge in [0.1, 0.15) is 0 Å². The van der Waals surface area contributed by atoms with E-state index in [0.717, 1.165) is 67.0 Å². The van der Waals surface area contributed by atoms with Gasteiger partial charge in [-0.25, -0.2) is 0 Å². The van der Waals surface area contributed by atoms with E-state index in [1.165, 1.54) is 25.5 Å². The molecule has 0 spiro atoms. The third-order valence-corrected chi connectivity index (χ3v) is 9.28. The van der Waals surface area contributed by atoms with Gasteiger partial charge in [0, 0.05) is 31.3 Å². The van der Waals surface area contributed by atoms with Gasteiger partial charge in [-0.2, -0.15) is 0 Å². The largest absolute Gasteiger partial charge is 0.593 e. The average Bonchev–Trinajstić information content (AvgIpc) is 3.19. The van der Waals surface area contributed by atoms with Gasteiger partial charge in [0.15, 0.2) is 4.90 Å². The summed E-state index contributed by atoms with van der Waals surface area (Å²) in [6, 6.07) is 7.36. The van der Waals surface area contributed by atoms with Crippen LogP contribution in [0.25, 0.3) is 0 Å². The molecule has 1 aromatic carbocycles. The maximum atomic E-state index is 13.1. The lowest BCUT2D eigenvalue weighted by molar-refractivity contribution is -0.146. The SMILES string of the molecule is N=Cc1ccc([S+]([O-])N2CCC(CNC(=O)C34CC5CC(CC(C5)C3)C4)C2)cc1. The van der Waals surface area contributed by atoms with Crippen LogP contribution in [0.4, 0.5) is 0 Å². The first-order valence-corrected chi connectivity index (χ1v) is 12.2. The molecule has 1 amide bonds. The van der Waals surface area contributed by atoms with Gasteiger partial charge < -0.3 is 15.3 Å². The molecule has 4 saturated carbocycles. The highest BCUT2D eigenvalue weighted by atomic mass is 32.2. The first kappa shape index (κ1) is 19.6. The van der Waals surface area contributed by atoms with E-state index in [9.17, 15) is 9.35 Å². The van der Waals surface area contributed by atoms with Crippen LogP contribution >= 0.6 is 0 Å². The molecule has 0 radical (unpaired) electrons. The number of hydrogen-bond acceptors (Lipinski definition) is 4. The second-order valence-electron chi connectivity index (χ2n) is 9.91. The molecule has 1 aromatic rings. The van der Waals surface area contributed by atoms with Crippen LogP contribution in [0.3, 0.4) is 0 Å². The lowest BCUT2D eigenvalue weighted by atomic mass is 9.49. The Bertz CT molecular complexity index is 746. The summed E-state index contributed by atoms with van der Waals surface area (Å²) in [6.45, 7) is 2.28. The number of carbonyl (C=O) groups excluding carboxylic acids is 1. The molecular formula is C23H31N3O2S. The summed E-state index contributed by atoms with van der Waals surface area (Å²) < 4.78 is 14.9. The van der Waals surface area contributed by atoms with E-state index < -0.39 is 11.4 Å². The Hall–Kier alpha value is -1.37. The number of nitrogens with one attached hydrogen (secondary N) is 2. The van der Waals surface area contributed by atoms with Crippen molar-refractivity contribution in [2.24, 2.45) is 29.1 Å². The maximum Gasteiger partial charge on any atom is 0.226 e. The van der Waals surface area contributed by atoms with E-state index in [0.29, 0.717) is 18.4 Å². The Morgan fingerprint density at radius 3 is 2.38 bits per heavy atom. The van der Waals surface area contributed by atoms with Gasteiger partial charge >= 0.3 is 0 Å². The molecule has 4 bridgehead atoms. The van der Waals surface area contributed by atoms with E-state index in [1.807, 2.05) is 28.6 Å². The van der Waals surface area contributed by atoms with Gasteiger partial charge in [0.2, 0.25) is 5.91 Å². The molecule has 1 aliphatic heterocycles. The first-order valence-electron chi connectivity index (χ1n) is 11.1. The molecule has 1 heterocycles. The van der Waals surface area contributed by atoms with Gasteiger partial charge in [-0.3, -0.25) is 4.79 Å². The minimum atomic E-state index is -1.17. The minimum Gasteiger partial charge on any atom is -0.593 e. The van der Waals surface area contributed by atoms with Crippen LogP contribution in [0.2, 0.25) is 0 Å². The van der Waals surface area contributed by atoms with Crippen LogP contribution in [-0.2, 0) is 16.2 Å². The molecule has 2 N–H and O–H groups in total. The van der Waals surface area contributed by atoms with Crippen molar-refractivity contribution < 1.29 is 9.35 Å². The van der Waals surface area contributed by atoms with Crippen LogP contribution in [-0.4, -0.2) is 40.6 Å². The van der Waals surface area contributed by atoms with Crippen molar-refractivity contribution in [1.29, 1.82) is 5.41 Å². The molecule has 5 fully saturated rings. The fraction of sp³-hybridized carbons (Fsp3) is 0.652. The number of carbonyl (C=O) groups is 1. The molecule has 6 heteroatoms. The topological polar surface area (TPSA) is 79.2 Å². The molecule has 2 unspecified atom stereocenters. The second-order valence-corrected chi connectivity index (χ2v) is 11.4. The van der Waals surface area contributed by atoms with Crippen LogP contribution in [0.1, 0.15) is 50.5 Å². The van der Waals surface area contributed by atoms with E-state index in [1.54, 1.807) is 0 Å². The minimum absolute atomic E-state index is 0.0769. The molecule has 29 heavy (non-hydrogen) atoms. The zero-order valence-corrected chi connectivity index (χ0v) is 17.8. The highest BCUT2D eigenvalue weighted by Gasteiger charge is 2.54. The Labute approximate surface area is 176 Å². The molecule has 4 aliphatic carbocycles. The van der Waals surface area contributed by atoms with Gasteiger partial charge in [0.25, 0.3) is 0 Å². The van der Waals surface area contributed by atoms with E-state index in [-0.39, 0.29) is 5.41 Å². The second kappa shape index (κ2) is 7.71. The van der Waals surface area contributed by atoms with Crippen molar-refractivity contribution in [3.05, 3.63) is 29.8 Å². The van der Waals surface area contributed by atoms with Crippen molar-refractivity contribution in [2.45, 2.75) is 49.8 Å². The smallest absolute Gasteiger partial charge is 0.226 e. The van der Waals surface area contributed by atoms with Gasteiger partial charge in [-0.15, -0.1) is 4.31 Å². The molecule has 156 valence electrons. The monoisotopic (exact) mass is 413 g/mol. The van der Waals surface area contributed by atoms with Crippen molar-refractivity contribution >= 4 is 23.5 Å².